The lowest BCUT2D eigenvalue weighted by molar-refractivity contribution is -0.121. The van der Waals surface area contributed by atoms with E-state index in [9.17, 15) is 9.59 Å². The smallest absolute Gasteiger partial charge is 0.274 e. The summed E-state index contributed by atoms with van der Waals surface area (Å²) in [5, 5.41) is 2.45. The summed E-state index contributed by atoms with van der Waals surface area (Å²) in [6, 6.07) is 0. The molecule has 1 heterocycles. The van der Waals surface area contributed by atoms with Gasteiger partial charge < -0.3 is 5.32 Å². The van der Waals surface area contributed by atoms with Crippen LogP contribution in [0.4, 0.5) is 0 Å². The largest absolute Gasteiger partial charge is 0.354 e. The first-order valence-corrected chi connectivity index (χ1v) is 5.84. The molecule has 0 bridgehead atoms. The van der Waals surface area contributed by atoms with Crippen molar-refractivity contribution >= 4 is 29.1 Å². The molecular weight excluding hydrogens is 265 g/mol. The highest BCUT2D eigenvalue weighted by molar-refractivity contribution is 6.40. The van der Waals surface area contributed by atoms with E-state index < -0.39 is 5.56 Å². The van der Waals surface area contributed by atoms with E-state index in [1.165, 1.54) is 6.33 Å². The molecule has 0 atom stereocenters. The zero-order chi connectivity index (χ0) is 13.0. The standard InChI is InChI=1S/C10H13Cl2N3O2/c1-6(2)3-13-7(16)4-15-5-14-9(12)8(11)10(15)17/h5-6H,3-4H2,1-2H3,(H,13,16). The van der Waals surface area contributed by atoms with E-state index in [1.807, 2.05) is 13.8 Å². The minimum Gasteiger partial charge on any atom is -0.354 e. The fraction of sp³-hybridized carbons (Fsp3) is 0.500. The maximum absolute atomic E-state index is 11.6. The second-order valence-corrected chi connectivity index (χ2v) is 4.72. The van der Waals surface area contributed by atoms with Gasteiger partial charge in [-0.1, -0.05) is 37.0 Å². The third-order valence-corrected chi connectivity index (χ3v) is 2.69. The minimum atomic E-state index is -0.522. The van der Waals surface area contributed by atoms with Gasteiger partial charge in [-0.15, -0.1) is 0 Å². The molecule has 0 fully saturated rings. The summed E-state index contributed by atoms with van der Waals surface area (Å²) < 4.78 is 1.11. The number of hydrogen-bond acceptors (Lipinski definition) is 3. The summed E-state index contributed by atoms with van der Waals surface area (Å²) >= 11 is 11.2. The van der Waals surface area contributed by atoms with Crippen LogP contribution in [0, 0.1) is 5.92 Å². The molecule has 1 aromatic heterocycles. The molecule has 0 aromatic carbocycles. The summed E-state index contributed by atoms with van der Waals surface area (Å²) in [6.45, 7) is 4.40. The average molecular weight is 278 g/mol. The van der Waals surface area contributed by atoms with Gasteiger partial charge in [0.1, 0.15) is 11.6 Å². The quantitative estimate of drug-likeness (QED) is 0.845. The van der Waals surface area contributed by atoms with Crippen LogP contribution in [0.3, 0.4) is 0 Å². The Bertz CT molecular complexity index is 471. The Morgan fingerprint density at radius 1 is 1.53 bits per heavy atom. The van der Waals surface area contributed by atoms with Crippen molar-refractivity contribution in [1.29, 1.82) is 0 Å². The lowest BCUT2D eigenvalue weighted by Crippen LogP contribution is -2.34. The van der Waals surface area contributed by atoms with Gasteiger partial charge in [0.05, 0.1) is 6.33 Å². The Morgan fingerprint density at radius 3 is 2.76 bits per heavy atom. The van der Waals surface area contributed by atoms with E-state index in [1.54, 1.807) is 0 Å². The van der Waals surface area contributed by atoms with Crippen LogP contribution in [-0.2, 0) is 11.3 Å². The topological polar surface area (TPSA) is 64.0 Å². The van der Waals surface area contributed by atoms with Gasteiger partial charge in [-0.3, -0.25) is 14.2 Å². The van der Waals surface area contributed by atoms with E-state index in [2.05, 4.69) is 10.3 Å². The molecule has 0 aliphatic carbocycles. The highest BCUT2D eigenvalue weighted by Gasteiger charge is 2.10. The van der Waals surface area contributed by atoms with Crippen LogP contribution in [0.15, 0.2) is 11.1 Å². The van der Waals surface area contributed by atoms with Crippen molar-refractivity contribution in [3.63, 3.8) is 0 Å². The molecule has 7 heteroatoms. The lowest BCUT2D eigenvalue weighted by atomic mass is 10.2. The first-order chi connectivity index (χ1) is 7.91. The molecule has 0 saturated carbocycles. The van der Waals surface area contributed by atoms with Gasteiger partial charge in [0.2, 0.25) is 5.91 Å². The zero-order valence-electron chi connectivity index (χ0n) is 9.54. The monoisotopic (exact) mass is 277 g/mol. The highest BCUT2D eigenvalue weighted by Crippen LogP contribution is 2.12. The number of hydrogen-bond donors (Lipinski definition) is 1. The molecule has 0 aliphatic rings. The number of aromatic nitrogens is 2. The van der Waals surface area contributed by atoms with Crippen LogP contribution >= 0.6 is 23.2 Å². The Hall–Kier alpha value is -1.07. The van der Waals surface area contributed by atoms with Gasteiger partial charge in [0, 0.05) is 6.54 Å². The molecule has 1 amide bonds. The third-order valence-electron chi connectivity index (χ3n) is 1.96. The fourth-order valence-corrected chi connectivity index (χ4v) is 1.37. The number of amides is 1. The molecule has 94 valence electrons. The molecule has 0 radical (unpaired) electrons. The third kappa shape index (κ3) is 4.02. The molecule has 0 saturated heterocycles. The molecule has 1 N–H and O–H groups in total. The van der Waals surface area contributed by atoms with E-state index in [0.717, 1.165) is 4.57 Å². The Labute approximate surface area is 109 Å². The number of rotatable bonds is 4. The first-order valence-electron chi connectivity index (χ1n) is 5.09. The number of halogens is 2. The second-order valence-electron chi connectivity index (χ2n) is 3.98. The fourth-order valence-electron chi connectivity index (χ4n) is 1.09. The predicted octanol–water partition coefficient (Wildman–Crippen LogP) is 1.32. The van der Waals surface area contributed by atoms with Crippen molar-refractivity contribution in [2.24, 2.45) is 5.92 Å². The molecule has 0 unspecified atom stereocenters. The van der Waals surface area contributed by atoms with E-state index >= 15 is 0 Å². The Balaban J connectivity index is 2.73. The Morgan fingerprint density at radius 2 is 2.18 bits per heavy atom. The van der Waals surface area contributed by atoms with E-state index in [4.69, 9.17) is 23.2 Å². The van der Waals surface area contributed by atoms with Crippen LogP contribution in [-0.4, -0.2) is 22.0 Å². The SMILES string of the molecule is CC(C)CNC(=O)Cn1cnc(Cl)c(Cl)c1=O. The number of carbonyl (C=O) groups excluding carboxylic acids is 1. The van der Waals surface area contributed by atoms with Gasteiger partial charge in [-0.2, -0.15) is 0 Å². The lowest BCUT2D eigenvalue weighted by Gasteiger charge is -2.09. The predicted molar refractivity (Wildman–Crippen MR) is 66.4 cm³/mol. The zero-order valence-corrected chi connectivity index (χ0v) is 11.0. The maximum atomic E-state index is 11.6. The van der Waals surface area contributed by atoms with Crippen molar-refractivity contribution in [2.75, 3.05) is 6.54 Å². The summed E-state index contributed by atoms with van der Waals surface area (Å²) in [4.78, 5) is 26.8. The number of nitrogens with one attached hydrogen (secondary N) is 1. The molecular formula is C10H13Cl2N3O2. The van der Waals surface area contributed by atoms with E-state index in [-0.39, 0.29) is 22.6 Å². The minimum absolute atomic E-state index is 0.0597. The van der Waals surface area contributed by atoms with E-state index in [0.29, 0.717) is 12.5 Å². The van der Waals surface area contributed by atoms with Gasteiger partial charge in [0.15, 0.2) is 5.15 Å². The van der Waals surface area contributed by atoms with Crippen LogP contribution in [0.25, 0.3) is 0 Å². The molecule has 1 aromatic rings. The van der Waals surface area contributed by atoms with Crippen molar-refractivity contribution in [3.8, 4) is 0 Å². The van der Waals surface area contributed by atoms with Gasteiger partial charge in [-0.05, 0) is 5.92 Å². The van der Waals surface area contributed by atoms with Crippen molar-refractivity contribution in [3.05, 3.63) is 26.9 Å². The molecule has 17 heavy (non-hydrogen) atoms. The summed E-state index contributed by atoms with van der Waals surface area (Å²) in [5.74, 6) is 0.0867. The number of carbonyl (C=O) groups is 1. The maximum Gasteiger partial charge on any atom is 0.274 e. The highest BCUT2D eigenvalue weighted by atomic mass is 35.5. The van der Waals surface area contributed by atoms with Gasteiger partial charge in [-0.25, -0.2) is 4.98 Å². The molecule has 5 nitrogen and oxygen atoms in total. The summed E-state index contributed by atoms with van der Waals surface area (Å²) in [7, 11) is 0. The average Bonchev–Trinajstić information content (AvgIpc) is 2.27. The van der Waals surface area contributed by atoms with Crippen molar-refractivity contribution in [1.82, 2.24) is 14.9 Å². The van der Waals surface area contributed by atoms with Crippen LogP contribution < -0.4 is 10.9 Å². The van der Waals surface area contributed by atoms with Crippen LogP contribution in [0.1, 0.15) is 13.8 Å². The van der Waals surface area contributed by atoms with Crippen molar-refractivity contribution < 1.29 is 4.79 Å². The molecule has 1 rings (SSSR count). The number of nitrogens with zero attached hydrogens (tertiary/aromatic N) is 2. The van der Waals surface area contributed by atoms with Crippen LogP contribution in [0.2, 0.25) is 10.2 Å². The molecule has 0 spiro atoms. The van der Waals surface area contributed by atoms with Gasteiger partial charge in [0.25, 0.3) is 5.56 Å². The molecule has 0 aliphatic heterocycles. The van der Waals surface area contributed by atoms with Crippen LogP contribution in [0.5, 0.6) is 0 Å². The second kappa shape index (κ2) is 6.02. The normalized spacial score (nSPS) is 10.6. The Kier molecular flexibility index (Phi) is 4.96. The summed E-state index contributed by atoms with van der Waals surface area (Å²) in [5.41, 5.74) is -0.522. The first kappa shape index (κ1) is 14.0. The van der Waals surface area contributed by atoms with Gasteiger partial charge >= 0.3 is 0 Å². The summed E-state index contributed by atoms with van der Waals surface area (Å²) in [6.07, 6.45) is 1.20. The van der Waals surface area contributed by atoms with Crippen molar-refractivity contribution in [2.45, 2.75) is 20.4 Å².